The van der Waals surface area contributed by atoms with E-state index in [0.29, 0.717) is 0 Å². The molecule has 0 unspecified atom stereocenters. The molecule has 1 aromatic carbocycles. The van der Waals surface area contributed by atoms with Gasteiger partial charge in [-0.05, 0) is 12.1 Å². The number of hydrogen-bond donors (Lipinski definition) is 2. The Morgan fingerprint density at radius 3 is 1.46 bits per heavy atom. The Morgan fingerprint density at radius 2 is 1.23 bits per heavy atom. The van der Waals surface area contributed by atoms with Crippen LogP contribution in [0.4, 0.5) is 0 Å². The van der Waals surface area contributed by atoms with Crippen molar-refractivity contribution in [1.29, 1.82) is 0 Å². The number of rotatable bonds is 2. The van der Waals surface area contributed by atoms with Crippen LogP contribution in [0.25, 0.3) is 0 Å². The molecule has 13 heavy (non-hydrogen) atoms. The fourth-order valence-electron chi connectivity index (χ4n) is 0.856. The Hall–Kier alpha value is -0.580. The van der Waals surface area contributed by atoms with Crippen molar-refractivity contribution in [2.75, 3.05) is 0 Å². The van der Waals surface area contributed by atoms with Crippen molar-refractivity contribution < 1.29 is 57.5 Å². The van der Waals surface area contributed by atoms with Crippen molar-refractivity contribution in [1.82, 2.24) is 0 Å². The van der Waals surface area contributed by atoms with Crippen LogP contribution in [0.3, 0.4) is 0 Å². The molecule has 1 aromatic rings. The average Bonchev–Trinajstić information content (AvgIpc) is 2.04. The van der Waals surface area contributed by atoms with Crippen LogP contribution in [-0.4, -0.2) is 22.2 Å². The van der Waals surface area contributed by atoms with Crippen molar-refractivity contribution in [3.63, 3.8) is 0 Å². The van der Waals surface area contributed by atoms with Crippen molar-refractivity contribution in [3.05, 3.63) is 35.4 Å². The molecule has 0 saturated heterocycles. The van der Waals surface area contributed by atoms with E-state index in [-0.39, 0.29) is 48.9 Å². The van der Waals surface area contributed by atoms with Gasteiger partial charge in [-0.1, -0.05) is 12.1 Å². The molecule has 0 amide bonds. The Balaban J connectivity index is 0.00000144. The second kappa shape index (κ2) is 5.21. The second-order valence-electron chi connectivity index (χ2n) is 2.16. The van der Waals surface area contributed by atoms with E-state index in [1.807, 2.05) is 0 Å². The standard InChI is InChI=1S/C8H6O4.Ar/c9-7(10)5-3-1-2-4-6(5)8(11)12;/h1-4H,(H,9,10)(H,11,12);. The zero-order chi connectivity index (χ0) is 9.14. The number of carboxylic acid groups (broad SMARTS) is 2. The van der Waals surface area contributed by atoms with Gasteiger partial charge in [-0.3, -0.25) is 0 Å². The summed E-state index contributed by atoms with van der Waals surface area (Å²) in [6.07, 6.45) is 0. The Bertz CT molecular complexity index is 302. The van der Waals surface area contributed by atoms with E-state index in [9.17, 15) is 9.59 Å². The molecule has 0 atom stereocenters. The summed E-state index contributed by atoms with van der Waals surface area (Å²) in [5.41, 5.74) is -0.380. The summed E-state index contributed by atoms with van der Waals surface area (Å²) in [5.74, 6) is -2.46. The molecule has 0 saturated carbocycles. The molecule has 0 aliphatic heterocycles. The van der Waals surface area contributed by atoms with E-state index in [1.165, 1.54) is 24.3 Å². The number of aromatic carboxylic acids is 2. The molecule has 0 heterocycles. The zero-order valence-electron chi connectivity index (χ0n) is 6.37. The van der Waals surface area contributed by atoms with Gasteiger partial charge in [0.1, 0.15) is 0 Å². The van der Waals surface area contributed by atoms with Gasteiger partial charge in [-0.15, -0.1) is 0 Å². The minimum Gasteiger partial charge on any atom is -0.478 e. The minimum atomic E-state index is -1.23. The molecule has 0 radical (unpaired) electrons. The van der Waals surface area contributed by atoms with E-state index >= 15 is 0 Å². The smallest absolute Gasteiger partial charge is 0.336 e. The molecular formula is C8H6ArO4. The molecule has 70 valence electrons. The fourth-order valence-corrected chi connectivity index (χ4v) is 0.856. The molecular weight excluding hydrogens is 200 g/mol. The Morgan fingerprint density at radius 1 is 0.923 bits per heavy atom. The van der Waals surface area contributed by atoms with Crippen LogP contribution >= 0.6 is 0 Å². The first-order chi connectivity index (χ1) is 5.63. The van der Waals surface area contributed by atoms with Crippen LogP contribution in [-0.2, 0) is 0 Å². The van der Waals surface area contributed by atoms with Gasteiger partial charge in [-0.25, -0.2) is 9.59 Å². The summed E-state index contributed by atoms with van der Waals surface area (Å²) < 4.78 is 0. The third-order valence-electron chi connectivity index (χ3n) is 1.39. The molecule has 2 N–H and O–H groups in total. The summed E-state index contributed by atoms with van der Waals surface area (Å²) in [7, 11) is 0. The first-order valence-electron chi connectivity index (χ1n) is 3.18. The maximum Gasteiger partial charge on any atom is 0.336 e. The maximum atomic E-state index is 10.5. The number of carboxylic acids is 2. The molecule has 4 nitrogen and oxygen atoms in total. The van der Waals surface area contributed by atoms with E-state index < -0.39 is 11.9 Å². The van der Waals surface area contributed by atoms with E-state index in [4.69, 9.17) is 10.2 Å². The summed E-state index contributed by atoms with van der Waals surface area (Å²) in [6.45, 7) is 0. The zero-order valence-corrected chi connectivity index (χ0v) is 7.08. The van der Waals surface area contributed by atoms with Gasteiger partial charge in [0.15, 0.2) is 0 Å². The van der Waals surface area contributed by atoms with Crippen LogP contribution in [0, 0.1) is 37.7 Å². The number of carbonyl (C=O) groups is 2. The predicted octanol–water partition coefficient (Wildman–Crippen LogP) is 1.08. The van der Waals surface area contributed by atoms with Gasteiger partial charge < -0.3 is 10.2 Å². The van der Waals surface area contributed by atoms with Crippen LogP contribution in [0.1, 0.15) is 20.7 Å². The SMILES string of the molecule is O=C(O)c1ccccc1C(=O)O.[Ar]. The van der Waals surface area contributed by atoms with E-state index in [2.05, 4.69) is 0 Å². The van der Waals surface area contributed by atoms with Gasteiger partial charge >= 0.3 is 11.9 Å². The quantitative estimate of drug-likeness (QED) is 0.759. The normalized spacial score (nSPS) is 8.62. The first-order valence-corrected chi connectivity index (χ1v) is 3.18. The fraction of sp³-hybridized carbons (Fsp3) is 0. The Kier molecular flexibility index (Phi) is 4.98. The van der Waals surface area contributed by atoms with Gasteiger partial charge in [0, 0.05) is 37.7 Å². The first kappa shape index (κ1) is 12.4. The molecule has 0 aliphatic rings. The van der Waals surface area contributed by atoms with Gasteiger partial charge in [-0.2, -0.15) is 0 Å². The number of benzene rings is 1. The molecule has 0 spiro atoms. The number of hydrogen-bond acceptors (Lipinski definition) is 2. The topological polar surface area (TPSA) is 74.6 Å². The van der Waals surface area contributed by atoms with Crippen LogP contribution in [0.5, 0.6) is 0 Å². The predicted molar refractivity (Wildman–Crippen MR) is 40.4 cm³/mol. The summed E-state index contributed by atoms with van der Waals surface area (Å²) in [4.78, 5) is 20.9. The third-order valence-corrected chi connectivity index (χ3v) is 1.39. The summed E-state index contributed by atoms with van der Waals surface area (Å²) >= 11 is 0. The molecule has 0 bridgehead atoms. The third kappa shape index (κ3) is 2.99. The molecule has 0 aliphatic carbocycles. The average molecular weight is 206 g/mol. The van der Waals surface area contributed by atoms with Crippen LogP contribution in [0.15, 0.2) is 24.3 Å². The molecule has 5 heteroatoms. The second-order valence-corrected chi connectivity index (χ2v) is 2.16. The Labute approximate surface area is 104 Å². The van der Waals surface area contributed by atoms with Crippen molar-refractivity contribution in [2.24, 2.45) is 0 Å². The minimum absolute atomic E-state index is 0. The van der Waals surface area contributed by atoms with Crippen LogP contribution < -0.4 is 0 Å². The largest absolute Gasteiger partial charge is 0.478 e. The summed E-state index contributed by atoms with van der Waals surface area (Å²) in [6, 6.07) is 5.48. The van der Waals surface area contributed by atoms with Crippen molar-refractivity contribution >= 4 is 11.9 Å². The maximum absolute atomic E-state index is 10.5. The van der Waals surface area contributed by atoms with E-state index in [0.717, 1.165) is 0 Å². The van der Waals surface area contributed by atoms with Crippen LogP contribution in [0.2, 0.25) is 0 Å². The summed E-state index contributed by atoms with van der Waals surface area (Å²) in [5, 5.41) is 17.1. The molecule has 1 rings (SSSR count). The van der Waals surface area contributed by atoms with Crippen molar-refractivity contribution in [3.8, 4) is 0 Å². The van der Waals surface area contributed by atoms with E-state index in [1.54, 1.807) is 0 Å². The molecule has 0 aromatic heterocycles. The van der Waals surface area contributed by atoms with Gasteiger partial charge in [0.25, 0.3) is 0 Å². The van der Waals surface area contributed by atoms with Crippen molar-refractivity contribution in [2.45, 2.75) is 0 Å². The van der Waals surface area contributed by atoms with Gasteiger partial charge in [0.2, 0.25) is 0 Å². The van der Waals surface area contributed by atoms with Gasteiger partial charge in [0.05, 0.1) is 11.1 Å². The monoisotopic (exact) mass is 206 g/mol. The molecule has 0 fully saturated rings.